The van der Waals surface area contributed by atoms with Crippen molar-refractivity contribution in [2.75, 3.05) is 38.2 Å². The molecule has 4 aromatic rings. The number of hydrogen-bond donors (Lipinski definition) is 2. The van der Waals surface area contributed by atoms with Gasteiger partial charge < -0.3 is 16.0 Å². The molecule has 2 aromatic heterocycles. The van der Waals surface area contributed by atoms with E-state index < -0.39 is 0 Å². The predicted molar refractivity (Wildman–Crippen MR) is 123 cm³/mol. The summed E-state index contributed by atoms with van der Waals surface area (Å²) in [5.41, 5.74) is 9.84. The van der Waals surface area contributed by atoms with E-state index in [1.165, 1.54) is 0 Å². The molecule has 8 heteroatoms. The molecule has 4 rings (SSSR count). The smallest absolute Gasteiger partial charge is 0.225 e. The van der Waals surface area contributed by atoms with E-state index in [2.05, 4.69) is 20.3 Å². The highest BCUT2D eigenvalue weighted by Crippen LogP contribution is 2.32. The molecule has 0 aliphatic heterocycles. The normalized spacial score (nSPS) is 11.3. The Labute approximate surface area is 180 Å². The number of aromatic nitrogens is 4. The Balaban J connectivity index is 1.79. The van der Waals surface area contributed by atoms with Crippen LogP contribution in [0.15, 0.2) is 54.6 Å². The lowest BCUT2D eigenvalue weighted by Gasteiger charge is -2.11. The van der Waals surface area contributed by atoms with Crippen LogP contribution in [0.1, 0.15) is 5.56 Å². The monoisotopic (exact) mass is 421 g/mol. The first-order valence-electron chi connectivity index (χ1n) is 9.74. The summed E-state index contributed by atoms with van der Waals surface area (Å²) in [6.07, 6.45) is 0. The standard InChI is InChI=1S/C22H24ClN7/c1-29(2)13-12-25-22-26-19(16-8-10-17(23)11-9-16)18-20(24)30(28-21(18)27-22)14-15-6-4-3-5-7-15/h3-11H,12-14,24H2,1-2H3,(H,25,27,28). The minimum atomic E-state index is 0.527. The van der Waals surface area contributed by atoms with E-state index >= 15 is 0 Å². The lowest BCUT2D eigenvalue weighted by molar-refractivity contribution is 0.425. The van der Waals surface area contributed by atoms with Crippen molar-refractivity contribution in [3.05, 3.63) is 65.2 Å². The van der Waals surface area contributed by atoms with Crippen LogP contribution < -0.4 is 11.1 Å². The lowest BCUT2D eigenvalue weighted by atomic mass is 10.1. The van der Waals surface area contributed by atoms with Crippen molar-refractivity contribution < 1.29 is 0 Å². The molecule has 0 atom stereocenters. The second-order valence-electron chi connectivity index (χ2n) is 7.36. The van der Waals surface area contributed by atoms with E-state index in [-0.39, 0.29) is 0 Å². The third kappa shape index (κ3) is 4.37. The molecule has 0 radical (unpaired) electrons. The van der Waals surface area contributed by atoms with Crippen molar-refractivity contribution in [3.8, 4) is 11.3 Å². The van der Waals surface area contributed by atoms with Crippen molar-refractivity contribution >= 4 is 34.4 Å². The molecule has 30 heavy (non-hydrogen) atoms. The average Bonchev–Trinajstić information content (AvgIpc) is 3.04. The van der Waals surface area contributed by atoms with Gasteiger partial charge in [-0.15, -0.1) is 5.10 Å². The molecule has 0 unspecified atom stereocenters. The fourth-order valence-corrected chi connectivity index (χ4v) is 3.34. The van der Waals surface area contributed by atoms with E-state index in [1.807, 2.05) is 68.7 Å². The van der Waals surface area contributed by atoms with E-state index in [0.29, 0.717) is 29.0 Å². The molecule has 0 aliphatic rings. The highest BCUT2D eigenvalue weighted by molar-refractivity contribution is 6.30. The lowest BCUT2D eigenvalue weighted by Crippen LogP contribution is -2.21. The van der Waals surface area contributed by atoms with Gasteiger partial charge in [0, 0.05) is 23.7 Å². The number of nitrogens with two attached hydrogens (primary N) is 1. The SMILES string of the molecule is CN(C)CCNc1nc(-c2ccc(Cl)cc2)c2c(N)n(Cc3ccccc3)nc2n1. The van der Waals surface area contributed by atoms with Gasteiger partial charge in [0.25, 0.3) is 0 Å². The summed E-state index contributed by atoms with van der Waals surface area (Å²) in [6, 6.07) is 17.6. The van der Waals surface area contributed by atoms with Gasteiger partial charge in [0.1, 0.15) is 5.82 Å². The molecule has 0 bridgehead atoms. The zero-order valence-corrected chi connectivity index (χ0v) is 17.8. The van der Waals surface area contributed by atoms with Crippen LogP contribution in [0.2, 0.25) is 5.02 Å². The Bertz CT molecular complexity index is 1140. The van der Waals surface area contributed by atoms with Crippen molar-refractivity contribution in [3.63, 3.8) is 0 Å². The van der Waals surface area contributed by atoms with E-state index in [4.69, 9.17) is 22.3 Å². The molecule has 0 saturated carbocycles. The number of halogens is 1. The molecule has 0 aliphatic carbocycles. The minimum absolute atomic E-state index is 0.527. The summed E-state index contributed by atoms with van der Waals surface area (Å²) in [5, 5.41) is 9.38. The molecule has 2 aromatic carbocycles. The summed E-state index contributed by atoms with van der Waals surface area (Å²) in [4.78, 5) is 11.5. The topological polar surface area (TPSA) is 84.9 Å². The van der Waals surface area contributed by atoms with Gasteiger partial charge in [-0.05, 0) is 31.8 Å². The number of anilines is 2. The molecular formula is C22H24ClN7. The van der Waals surface area contributed by atoms with Crippen molar-refractivity contribution in [2.45, 2.75) is 6.54 Å². The number of nitrogens with one attached hydrogen (secondary N) is 1. The van der Waals surface area contributed by atoms with Crippen LogP contribution in [0.3, 0.4) is 0 Å². The van der Waals surface area contributed by atoms with Crippen molar-refractivity contribution in [2.24, 2.45) is 0 Å². The van der Waals surface area contributed by atoms with Gasteiger partial charge >= 0.3 is 0 Å². The molecule has 0 spiro atoms. The largest absolute Gasteiger partial charge is 0.383 e. The number of hydrogen-bond acceptors (Lipinski definition) is 6. The van der Waals surface area contributed by atoms with Crippen LogP contribution in [0.5, 0.6) is 0 Å². The molecule has 3 N–H and O–H groups in total. The third-order valence-electron chi connectivity index (χ3n) is 4.77. The quantitative estimate of drug-likeness (QED) is 0.472. The number of nitrogens with zero attached hydrogens (tertiary/aromatic N) is 5. The maximum Gasteiger partial charge on any atom is 0.225 e. The molecular weight excluding hydrogens is 398 g/mol. The van der Waals surface area contributed by atoms with Crippen LogP contribution in [0.4, 0.5) is 11.8 Å². The fourth-order valence-electron chi connectivity index (χ4n) is 3.22. The van der Waals surface area contributed by atoms with E-state index in [0.717, 1.165) is 35.3 Å². The maximum atomic E-state index is 6.51. The average molecular weight is 422 g/mol. The molecule has 154 valence electrons. The van der Waals surface area contributed by atoms with Crippen LogP contribution in [0, 0.1) is 0 Å². The fraction of sp³-hybridized carbons (Fsp3) is 0.227. The molecule has 0 saturated heterocycles. The van der Waals surface area contributed by atoms with Gasteiger partial charge in [0.2, 0.25) is 5.95 Å². The molecule has 0 fully saturated rings. The highest BCUT2D eigenvalue weighted by atomic mass is 35.5. The van der Waals surface area contributed by atoms with E-state index in [9.17, 15) is 0 Å². The predicted octanol–water partition coefficient (Wildman–Crippen LogP) is 3.75. The number of benzene rings is 2. The molecule has 0 amide bonds. The van der Waals surface area contributed by atoms with Crippen LogP contribution >= 0.6 is 11.6 Å². The first-order chi connectivity index (χ1) is 14.5. The maximum absolute atomic E-state index is 6.51. The number of likely N-dealkylation sites (N-methyl/N-ethyl adjacent to an activating group) is 1. The first-order valence-corrected chi connectivity index (χ1v) is 10.1. The van der Waals surface area contributed by atoms with Gasteiger partial charge in [-0.3, -0.25) is 0 Å². The van der Waals surface area contributed by atoms with Gasteiger partial charge in [-0.25, -0.2) is 9.67 Å². The Morgan fingerprint density at radius 2 is 1.77 bits per heavy atom. The van der Waals surface area contributed by atoms with Gasteiger partial charge in [-0.1, -0.05) is 54.1 Å². The first kappa shape index (κ1) is 20.1. The van der Waals surface area contributed by atoms with Gasteiger partial charge in [-0.2, -0.15) is 4.98 Å². The summed E-state index contributed by atoms with van der Waals surface area (Å²) in [5.74, 6) is 1.07. The highest BCUT2D eigenvalue weighted by Gasteiger charge is 2.18. The van der Waals surface area contributed by atoms with Gasteiger partial charge in [0.15, 0.2) is 5.65 Å². The van der Waals surface area contributed by atoms with Crippen LogP contribution in [-0.2, 0) is 6.54 Å². The second-order valence-corrected chi connectivity index (χ2v) is 7.80. The summed E-state index contributed by atoms with van der Waals surface area (Å²) in [7, 11) is 4.05. The number of rotatable bonds is 7. The van der Waals surface area contributed by atoms with Crippen LogP contribution in [-0.4, -0.2) is 51.8 Å². The van der Waals surface area contributed by atoms with Crippen molar-refractivity contribution in [1.29, 1.82) is 0 Å². The summed E-state index contributed by atoms with van der Waals surface area (Å²) < 4.78 is 1.78. The van der Waals surface area contributed by atoms with Crippen molar-refractivity contribution in [1.82, 2.24) is 24.6 Å². The number of nitrogen functional groups attached to an aromatic ring is 1. The second kappa shape index (κ2) is 8.69. The Morgan fingerprint density at radius 1 is 1.03 bits per heavy atom. The van der Waals surface area contributed by atoms with Gasteiger partial charge in [0.05, 0.1) is 17.6 Å². The van der Waals surface area contributed by atoms with E-state index in [1.54, 1.807) is 4.68 Å². The van der Waals surface area contributed by atoms with Crippen LogP contribution in [0.25, 0.3) is 22.3 Å². The third-order valence-corrected chi connectivity index (χ3v) is 5.03. The minimum Gasteiger partial charge on any atom is -0.383 e. The Hall–Kier alpha value is -3.16. The zero-order valence-electron chi connectivity index (χ0n) is 17.0. The Morgan fingerprint density at radius 3 is 2.47 bits per heavy atom. The summed E-state index contributed by atoms with van der Waals surface area (Å²) >= 11 is 6.08. The molecule has 7 nitrogen and oxygen atoms in total. The number of fused-ring (bicyclic) bond motifs is 1. The molecule has 2 heterocycles. The zero-order chi connectivity index (χ0) is 21.1. The Kier molecular flexibility index (Phi) is 5.83. The summed E-state index contributed by atoms with van der Waals surface area (Å²) in [6.45, 7) is 2.15.